The summed E-state index contributed by atoms with van der Waals surface area (Å²) in [6.45, 7) is 2.76. The molecule has 1 fully saturated rings. The number of carbonyl (C=O) groups is 3. The lowest BCUT2D eigenvalue weighted by Crippen LogP contribution is -2.60. The Morgan fingerprint density at radius 3 is 2.50 bits per heavy atom. The van der Waals surface area contributed by atoms with Gasteiger partial charge in [0.15, 0.2) is 0 Å². The van der Waals surface area contributed by atoms with Gasteiger partial charge in [-0.1, -0.05) is 77.8 Å². The van der Waals surface area contributed by atoms with E-state index in [1.54, 1.807) is 43.2 Å². The number of benzene rings is 3. The van der Waals surface area contributed by atoms with Gasteiger partial charge in [0.05, 0.1) is 40.1 Å². The van der Waals surface area contributed by atoms with Crippen LogP contribution < -0.4 is 10.1 Å². The molecule has 2 aliphatic rings. The van der Waals surface area contributed by atoms with Crippen LogP contribution in [-0.4, -0.2) is 62.3 Å². The van der Waals surface area contributed by atoms with Crippen LogP contribution in [0.1, 0.15) is 36.5 Å². The fraction of sp³-hybridized carbons (Fsp3) is 0.378. The molecule has 2 aliphatic heterocycles. The van der Waals surface area contributed by atoms with E-state index < -0.39 is 29.5 Å². The maximum atomic E-state index is 14.3. The zero-order valence-corrected chi connectivity index (χ0v) is 28.8. The van der Waals surface area contributed by atoms with Crippen molar-refractivity contribution >= 4 is 41.0 Å². The maximum Gasteiger partial charge on any atom is 0.320 e. The number of likely N-dealkylation sites (tertiary alicyclic amines) is 1. The highest BCUT2D eigenvalue weighted by atomic mass is 35.5. The molecule has 254 valence electrons. The van der Waals surface area contributed by atoms with Crippen molar-refractivity contribution in [2.45, 2.75) is 51.5 Å². The summed E-state index contributed by atoms with van der Waals surface area (Å²) in [5, 5.41) is 3.76. The highest BCUT2D eigenvalue weighted by Gasteiger charge is 2.59. The van der Waals surface area contributed by atoms with Gasteiger partial charge in [0.1, 0.15) is 17.3 Å². The van der Waals surface area contributed by atoms with Gasteiger partial charge in [-0.25, -0.2) is 0 Å². The highest BCUT2D eigenvalue weighted by molar-refractivity contribution is 6.35. The van der Waals surface area contributed by atoms with Crippen LogP contribution in [0.2, 0.25) is 10.0 Å². The third kappa shape index (κ3) is 7.87. The first kappa shape index (κ1) is 35.4. The summed E-state index contributed by atoms with van der Waals surface area (Å²) in [6.07, 6.45) is 0.969. The molecule has 1 saturated heterocycles. The van der Waals surface area contributed by atoms with Crippen molar-refractivity contribution in [3.63, 3.8) is 0 Å². The first-order valence-corrected chi connectivity index (χ1v) is 16.6. The number of esters is 1. The number of carbonyl (C=O) groups excluding carboxylic acids is 3. The Labute approximate surface area is 291 Å². The van der Waals surface area contributed by atoms with Crippen molar-refractivity contribution in [3.05, 3.63) is 111 Å². The van der Waals surface area contributed by atoms with E-state index in [-0.39, 0.29) is 37.8 Å². The predicted molar refractivity (Wildman–Crippen MR) is 182 cm³/mol. The summed E-state index contributed by atoms with van der Waals surface area (Å²) in [5.41, 5.74) is 1.68. The first-order chi connectivity index (χ1) is 23.2. The molecule has 0 aliphatic carbocycles. The number of methoxy groups -OCH3 is 2. The fourth-order valence-electron chi connectivity index (χ4n) is 6.54. The van der Waals surface area contributed by atoms with Crippen LogP contribution in [0.25, 0.3) is 0 Å². The molecule has 0 spiro atoms. The summed E-state index contributed by atoms with van der Waals surface area (Å²) >= 11 is 12.8. The van der Waals surface area contributed by atoms with Gasteiger partial charge in [0, 0.05) is 34.6 Å². The van der Waals surface area contributed by atoms with Gasteiger partial charge >= 0.3 is 5.97 Å². The number of hydrogen-bond donors (Lipinski definition) is 1. The molecule has 0 radical (unpaired) electrons. The largest absolute Gasteiger partial charge is 0.496 e. The van der Waals surface area contributed by atoms with E-state index in [1.165, 1.54) is 7.11 Å². The SMILES string of the molecule is COC(=O)[C@]12C[C@H](CC(=O)NCCc3ccccc3OC)C(=O)N(Cc3ccc(Cl)cc3Cl)C1=C[C@H](COCc1ccccc1)O[C@@H]2C. The van der Waals surface area contributed by atoms with Crippen molar-refractivity contribution < 1.29 is 33.3 Å². The lowest BCUT2D eigenvalue weighted by molar-refractivity contribution is -0.178. The van der Waals surface area contributed by atoms with Crippen LogP contribution in [-0.2, 0) is 48.2 Å². The molecule has 2 amide bonds. The minimum atomic E-state index is -1.36. The number of halogens is 2. The molecule has 1 N–H and O–H groups in total. The highest BCUT2D eigenvalue weighted by Crippen LogP contribution is 2.51. The smallest absolute Gasteiger partial charge is 0.320 e. The maximum absolute atomic E-state index is 14.3. The Bertz CT molecular complexity index is 1650. The van der Waals surface area contributed by atoms with Crippen molar-refractivity contribution in [1.82, 2.24) is 10.2 Å². The van der Waals surface area contributed by atoms with Crippen LogP contribution in [0.4, 0.5) is 0 Å². The van der Waals surface area contributed by atoms with Crippen molar-refractivity contribution in [1.29, 1.82) is 0 Å². The van der Waals surface area contributed by atoms with Gasteiger partial charge < -0.3 is 29.2 Å². The van der Waals surface area contributed by atoms with Crippen molar-refractivity contribution in [2.75, 3.05) is 27.4 Å². The molecule has 0 unspecified atom stereocenters. The van der Waals surface area contributed by atoms with Crippen LogP contribution in [0.3, 0.4) is 0 Å². The lowest BCUT2D eigenvalue weighted by Gasteiger charge is -2.51. The fourth-order valence-corrected chi connectivity index (χ4v) is 7.01. The predicted octanol–water partition coefficient (Wildman–Crippen LogP) is 6.15. The molecule has 0 aromatic heterocycles. The molecule has 0 saturated carbocycles. The average molecular weight is 696 g/mol. The number of piperidine rings is 1. The van der Waals surface area contributed by atoms with Gasteiger partial charge in [-0.15, -0.1) is 0 Å². The third-order valence-electron chi connectivity index (χ3n) is 8.98. The van der Waals surface area contributed by atoms with Crippen molar-refractivity contribution in [2.24, 2.45) is 11.3 Å². The van der Waals surface area contributed by atoms with Crippen LogP contribution >= 0.6 is 23.2 Å². The molecule has 0 bridgehead atoms. The van der Waals surface area contributed by atoms with Gasteiger partial charge in [-0.2, -0.15) is 0 Å². The molecule has 3 aromatic rings. The Hall–Kier alpha value is -3.89. The third-order valence-corrected chi connectivity index (χ3v) is 9.56. The topological polar surface area (TPSA) is 103 Å². The van der Waals surface area contributed by atoms with Gasteiger partial charge in [0.2, 0.25) is 11.8 Å². The summed E-state index contributed by atoms with van der Waals surface area (Å²) in [6, 6.07) is 22.4. The van der Waals surface area contributed by atoms with Crippen LogP contribution in [0, 0.1) is 11.3 Å². The van der Waals surface area contributed by atoms with Gasteiger partial charge in [-0.05, 0) is 60.7 Å². The Balaban J connectivity index is 1.41. The number of ether oxygens (including phenoxy) is 4. The summed E-state index contributed by atoms with van der Waals surface area (Å²) in [7, 11) is 2.91. The molecule has 3 aromatic carbocycles. The molecule has 2 heterocycles. The number of nitrogens with one attached hydrogen (secondary N) is 1. The second-order valence-corrected chi connectivity index (χ2v) is 12.9. The molecule has 9 nitrogen and oxygen atoms in total. The molecular weight excluding hydrogens is 655 g/mol. The zero-order chi connectivity index (χ0) is 34.3. The molecule has 5 rings (SSSR count). The minimum Gasteiger partial charge on any atom is -0.496 e. The second kappa shape index (κ2) is 16.0. The number of fused-ring (bicyclic) bond motifs is 1. The molecule has 11 heteroatoms. The average Bonchev–Trinajstić information content (AvgIpc) is 3.08. The molecular formula is C37H40Cl2N2O7. The summed E-state index contributed by atoms with van der Waals surface area (Å²) in [4.78, 5) is 43.0. The van der Waals surface area contributed by atoms with E-state index in [1.807, 2.05) is 54.6 Å². The van der Waals surface area contributed by atoms with Crippen molar-refractivity contribution in [3.8, 4) is 5.75 Å². The van der Waals surface area contributed by atoms with E-state index in [4.69, 9.17) is 42.1 Å². The number of nitrogens with zero attached hydrogens (tertiary/aromatic N) is 1. The number of rotatable bonds is 13. The zero-order valence-electron chi connectivity index (χ0n) is 27.2. The number of para-hydroxylation sites is 1. The quantitative estimate of drug-likeness (QED) is 0.214. The minimum absolute atomic E-state index is 0.0356. The van der Waals surface area contributed by atoms with Gasteiger partial charge in [0.25, 0.3) is 0 Å². The molecule has 4 atom stereocenters. The van der Waals surface area contributed by atoms with Crippen LogP contribution in [0.15, 0.2) is 84.6 Å². The normalized spacial score (nSPS) is 22.0. The Morgan fingerprint density at radius 1 is 1.02 bits per heavy atom. The van der Waals surface area contributed by atoms with E-state index in [2.05, 4.69) is 5.32 Å². The number of hydrogen-bond acceptors (Lipinski definition) is 7. The number of amides is 2. The van der Waals surface area contributed by atoms with Gasteiger partial charge in [-0.3, -0.25) is 14.4 Å². The van der Waals surface area contributed by atoms with E-state index >= 15 is 0 Å². The van der Waals surface area contributed by atoms with E-state index in [9.17, 15) is 14.4 Å². The van der Waals surface area contributed by atoms with E-state index in [0.717, 1.165) is 16.9 Å². The summed E-state index contributed by atoms with van der Waals surface area (Å²) < 4.78 is 23.2. The van der Waals surface area contributed by atoms with E-state index in [0.29, 0.717) is 40.9 Å². The van der Waals surface area contributed by atoms with Crippen LogP contribution in [0.5, 0.6) is 5.75 Å². The monoisotopic (exact) mass is 694 g/mol. The Morgan fingerprint density at radius 2 is 1.77 bits per heavy atom. The first-order valence-electron chi connectivity index (χ1n) is 15.9. The summed E-state index contributed by atoms with van der Waals surface area (Å²) in [5.74, 6) is -1.26. The standard InChI is InChI=1S/C37H40Cl2N2O7/c1-24-37(36(44)46-3)20-28(17-34(42)40-16-15-26-11-7-8-12-32(26)45-2)35(43)41(21-27-13-14-29(38)18-31(27)39)33(37)19-30(48-24)23-47-22-25-9-5-4-6-10-25/h4-14,18-19,24,28,30H,15-17,20-23H2,1-3H3,(H,40,42)/t24-,28+,30-,37+/m1/s1. The lowest BCUT2D eigenvalue weighted by atomic mass is 9.66. The Kier molecular flexibility index (Phi) is 11.8. The molecule has 48 heavy (non-hydrogen) atoms. The second-order valence-electron chi connectivity index (χ2n) is 12.0.